The van der Waals surface area contributed by atoms with Gasteiger partial charge in [0.25, 0.3) is 0 Å². The third-order valence-corrected chi connectivity index (χ3v) is 4.22. The second-order valence-corrected chi connectivity index (χ2v) is 5.58. The number of ether oxygens (including phenoxy) is 2. The molecule has 1 heterocycles. The van der Waals surface area contributed by atoms with Crippen molar-refractivity contribution < 1.29 is 14.3 Å². The Kier molecular flexibility index (Phi) is 4.10. The van der Waals surface area contributed by atoms with Gasteiger partial charge in [0, 0.05) is 17.5 Å². The van der Waals surface area contributed by atoms with Crippen molar-refractivity contribution in [1.82, 2.24) is 0 Å². The molecule has 0 amide bonds. The second kappa shape index (κ2) is 6.03. The van der Waals surface area contributed by atoms with Gasteiger partial charge in [-0.3, -0.25) is 4.79 Å². The number of hydrogen-bond acceptors (Lipinski definition) is 3. The molecule has 2 aromatic rings. The molecule has 1 fully saturated rings. The van der Waals surface area contributed by atoms with Crippen molar-refractivity contribution in [3.63, 3.8) is 0 Å². The average molecular weight is 296 g/mol. The molecular formula is C19H20O3. The minimum atomic E-state index is -0.603. The highest BCUT2D eigenvalue weighted by Crippen LogP contribution is 2.36. The van der Waals surface area contributed by atoms with Crippen LogP contribution in [0.1, 0.15) is 34.8 Å². The Morgan fingerprint density at radius 2 is 1.91 bits per heavy atom. The SMILES string of the molecule is CCC1(c2ccc(-c3cccc(C=O)c3)c(C)c2)OCCO1. The third kappa shape index (κ3) is 2.58. The summed E-state index contributed by atoms with van der Waals surface area (Å²) in [5.41, 5.74) is 5.06. The lowest BCUT2D eigenvalue weighted by atomic mass is 9.94. The number of aryl methyl sites for hydroxylation is 1. The molecule has 0 aliphatic carbocycles. The van der Waals surface area contributed by atoms with E-state index in [9.17, 15) is 4.79 Å². The molecule has 0 atom stereocenters. The molecule has 3 nitrogen and oxygen atoms in total. The van der Waals surface area contributed by atoms with Crippen molar-refractivity contribution in [2.45, 2.75) is 26.1 Å². The molecule has 22 heavy (non-hydrogen) atoms. The maximum absolute atomic E-state index is 11.0. The van der Waals surface area contributed by atoms with Crippen LogP contribution in [0.15, 0.2) is 42.5 Å². The van der Waals surface area contributed by atoms with Gasteiger partial charge in [-0.25, -0.2) is 0 Å². The Bertz CT molecular complexity index is 685. The molecular weight excluding hydrogens is 276 g/mol. The van der Waals surface area contributed by atoms with Crippen molar-refractivity contribution in [2.75, 3.05) is 13.2 Å². The van der Waals surface area contributed by atoms with Gasteiger partial charge in [-0.05, 0) is 29.7 Å². The Hall–Kier alpha value is -1.97. The lowest BCUT2D eigenvalue weighted by Gasteiger charge is -2.27. The van der Waals surface area contributed by atoms with Crippen molar-refractivity contribution in [1.29, 1.82) is 0 Å². The fourth-order valence-electron chi connectivity index (χ4n) is 3.03. The van der Waals surface area contributed by atoms with E-state index in [0.717, 1.165) is 35.0 Å². The van der Waals surface area contributed by atoms with Crippen molar-refractivity contribution in [3.8, 4) is 11.1 Å². The standard InChI is InChI=1S/C19H20O3/c1-3-19(21-9-10-22-19)17-7-8-18(14(2)11-17)16-6-4-5-15(12-16)13-20/h4-8,11-13H,3,9-10H2,1-2H3. The van der Waals surface area contributed by atoms with Crippen LogP contribution in [-0.4, -0.2) is 19.5 Å². The highest BCUT2D eigenvalue weighted by Gasteiger charge is 2.36. The fraction of sp³-hybridized carbons (Fsp3) is 0.316. The Balaban J connectivity index is 2.00. The molecule has 0 N–H and O–H groups in total. The van der Waals surface area contributed by atoms with E-state index in [2.05, 4.69) is 32.0 Å². The number of carbonyl (C=O) groups excluding carboxylic acids is 1. The number of aldehydes is 1. The van der Waals surface area contributed by atoms with Gasteiger partial charge in [-0.2, -0.15) is 0 Å². The van der Waals surface area contributed by atoms with Gasteiger partial charge < -0.3 is 9.47 Å². The van der Waals surface area contributed by atoms with E-state index >= 15 is 0 Å². The predicted molar refractivity (Wildman–Crippen MR) is 85.9 cm³/mol. The molecule has 0 bridgehead atoms. The summed E-state index contributed by atoms with van der Waals surface area (Å²) >= 11 is 0. The quantitative estimate of drug-likeness (QED) is 0.797. The largest absolute Gasteiger partial charge is 0.343 e. The highest BCUT2D eigenvalue weighted by atomic mass is 16.7. The van der Waals surface area contributed by atoms with Crippen molar-refractivity contribution >= 4 is 6.29 Å². The summed E-state index contributed by atoms with van der Waals surface area (Å²) in [7, 11) is 0. The molecule has 0 saturated carbocycles. The number of carbonyl (C=O) groups is 1. The fourth-order valence-corrected chi connectivity index (χ4v) is 3.03. The van der Waals surface area contributed by atoms with Crippen LogP contribution in [0, 0.1) is 6.92 Å². The summed E-state index contributed by atoms with van der Waals surface area (Å²) in [5.74, 6) is -0.603. The molecule has 114 valence electrons. The molecule has 3 rings (SSSR count). The Morgan fingerprint density at radius 1 is 1.14 bits per heavy atom. The molecule has 1 aliphatic rings. The lowest BCUT2D eigenvalue weighted by molar-refractivity contribution is -0.167. The van der Waals surface area contributed by atoms with Gasteiger partial charge >= 0.3 is 0 Å². The van der Waals surface area contributed by atoms with Crippen LogP contribution in [0.2, 0.25) is 0 Å². The zero-order valence-corrected chi connectivity index (χ0v) is 13.0. The van der Waals surface area contributed by atoms with Crippen molar-refractivity contribution in [3.05, 3.63) is 59.2 Å². The zero-order chi connectivity index (χ0) is 15.6. The maximum atomic E-state index is 11.0. The summed E-state index contributed by atoms with van der Waals surface area (Å²) < 4.78 is 11.7. The third-order valence-electron chi connectivity index (χ3n) is 4.22. The van der Waals surface area contributed by atoms with Gasteiger partial charge in [0.1, 0.15) is 6.29 Å². The van der Waals surface area contributed by atoms with Crippen LogP contribution >= 0.6 is 0 Å². The molecule has 0 aromatic heterocycles. The molecule has 3 heteroatoms. The lowest BCUT2D eigenvalue weighted by Crippen LogP contribution is -2.26. The van der Waals surface area contributed by atoms with Crippen LogP contribution in [0.5, 0.6) is 0 Å². The Morgan fingerprint density at radius 3 is 2.55 bits per heavy atom. The highest BCUT2D eigenvalue weighted by molar-refractivity contribution is 5.79. The van der Waals surface area contributed by atoms with E-state index in [0.29, 0.717) is 18.8 Å². The number of rotatable bonds is 4. The molecule has 1 aliphatic heterocycles. The van der Waals surface area contributed by atoms with Crippen LogP contribution in [0.3, 0.4) is 0 Å². The first-order valence-corrected chi connectivity index (χ1v) is 7.63. The van der Waals surface area contributed by atoms with Gasteiger partial charge in [0.15, 0.2) is 5.79 Å². The summed E-state index contributed by atoms with van der Waals surface area (Å²) in [6, 6.07) is 13.9. The number of hydrogen-bond donors (Lipinski definition) is 0. The first-order chi connectivity index (χ1) is 10.7. The summed E-state index contributed by atoms with van der Waals surface area (Å²) in [6.45, 7) is 5.42. The van der Waals surface area contributed by atoms with E-state index in [1.807, 2.05) is 24.3 Å². The van der Waals surface area contributed by atoms with Crippen molar-refractivity contribution in [2.24, 2.45) is 0 Å². The zero-order valence-electron chi connectivity index (χ0n) is 13.0. The predicted octanol–water partition coefficient (Wildman–Crippen LogP) is 4.08. The molecule has 2 aromatic carbocycles. The molecule has 0 unspecified atom stereocenters. The van der Waals surface area contributed by atoms with Crippen LogP contribution in [0.4, 0.5) is 0 Å². The smallest absolute Gasteiger partial charge is 0.194 e. The van der Waals surface area contributed by atoms with E-state index in [1.54, 1.807) is 0 Å². The summed E-state index contributed by atoms with van der Waals surface area (Å²) in [5, 5.41) is 0. The average Bonchev–Trinajstić information content (AvgIpc) is 3.05. The van der Waals surface area contributed by atoms with Gasteiger partial charge in [-0.1, -0.05) is 43.3 Å². The minimum Gasteiger partial charge on any atom is -0.343 e. The molecule has 0 radical (unpaired) electrons. The number of benzene rings is 2. The van der Waals surface area contributed by atoms with Crippen LogP contribution < -0.4 is 0 Å². The normalized spacial score (nSPS) is 16.6. The van der Waals surface area contributed by atoms with E-state index in [1.165, 1.54) is 0 Å². The van der Waals surface area contributed by atoms with Gasteiger partial charge in [-0.15, -0.1) is 0 Å². The van der Waals surface area contributed by atoms with Gasteiger partial charge in [0.05, 0.1) is 13.2 Å². The maximum Gasteiger partial charge on any atom is 0.194 e. The second-order valence-electron chi connectivity index (χ2n) is 5.58. The van der Waals surface area contributed by atoms with E-state index in [-0.39, 0.29) is 0 Å². The van der Waals surface area contributed by atoms with Crippen LogP contribution in [0.25, 0.3) is 11.1 Å². The topological polar surface area (TPSA) is 35.5 Å². The van der Waals surface area contributed by atoms with Gasteiger partial charge in [0.2, 0.25) is 0 Å². The first-order valence-electron chi connectivity index (χ1n) is 7.63. The Labute approximate surface area is 130 Å². The van der Waals surface area contributed by atoms with E-state index < -0.39 is 5.79 Å². The minimum absolute atomic E-state index is 0.603. The monoisotopic (exact) mass is 296 g/mol. The van der Waals surface area contributed by atoms with Crippen LogP contribution in [-0.2, 0) is 15.3 Å². The molecule has 1 saturated heterocycles. The van der Waals surface area contributed by atoms with E-state index in [4.69, 9.17) is 9.47 Å². The first kappa shape index (κ1) is 14.9. The summed E-state index contributed by atoms with van der Waals surface area (Å²) in [6.07, 6.45) is 1.66. The summed E-state index contributed by atoms with van der Waals surface area (Å²) in [4.78, 5) is 11.0. The molecule has 0 spiro atoms.